The van der Waals surface area contributed by atoms with Crippen LogP contribution in [0.5, 0.6) is 0 Å². The largest absolute Gasteiger partial charge is 0.324 e. The lowest BCUT2D eigenvalue weighted by molar-refractivity contribution is 0.817. The molecule has 2 rings (SSSR count). The average molecular weight is 285 g/mol. The van der Waals surface area contributed by atoms with Gasteiger partial charge in [-0.2, -0.15) is 0 Å². The normalized spacial score (nSPS) is 12.7. The van der Waals surface area contributed by atoms with Crippen LogP contribution in [0.15, 0.2) is 53.4 Å². The highest BCUT2D eigenvalue weighted by Gasteiger charge is 2.02. The topological polar surface area (TPSA) is 26.0 Å². The molecule has 1 nitrogen and oxygen atoms in total. The molecule has 0 saturated heterocycles. The molecule has 2 N–H and O–H groups in total. The molecular weight excluding hydrogens is 262 g/mol. The van der Waals surface area contributed by atoms with Crippen molar-refractivity contribution in [1.82, 2.24) is 0 Å². The lowest BCUT2D eigenvalue weighted by Gasteiger charge is -2.08. The summed E-state index contributed by atoms with van der Waals surface area (Å²) in [6, 6.07) is 17.6. The van der Waals surface area contributed by atoms with E-state index >= 15 is 0 Å². The predicted octanol–water partition coefficient (Wildman–Crippen LogP) is 5.12. The summed E-state index contributed by atoms with van der Waals surface area (Å²) in [7, 11) is 0. The molecule has 2 heteroatoms. The van der Waals surface area contributed by atoms with Gasteiger partial charge in [0.1, 0.15) is 0 Å². The maximum atomic E-state index is 5.86. The van der Waals surface area contributed by atoms with Crippen LogP contribution in [0.4, 0.5) is 0 Å². The quantitative estimate of drug-likeness (QED) is 0.771. The van der Waals surface area contributed by atoms with E-state index in [0.29, 0.717) is 5.92 Å². The summed E-state index contributed by atoms with van der Waals surface area (Å²) < 4.78 is 0. The SMILES string of the molecule is CC(C)c1ccc(CSc2ccc(C(C)N)cc2)cc1. The van der Waals surface area contributed by atoms with Crippen molar-refractivity contribution in [3.8, 4) is 0 Å². The highest BCUT2D eigenvalue weighted by atomic mass is 32.2. The Balaban J connectivity index is 1.94. The van der Waals surface area contributed by atoms with Gasteiger partial charge < -0.3 is 5.73 Å². The summed E-state index contributed by atoms with van der Waals surface area (Å²) in [5.74, 6) is 1.61. The van der Waals surface area contributed by atoms with Crippen LogP contribution in [-0.4, -0.2) is 0 Å². The molecule has 2 aromatic rings. The van der Waals surface area contributed by atoms with E-state index in [1.54, 1.807) is 0 Å². The van der Waals surface area contributed by atoms with Crippen LogP contribution < -0.4 is 5.73 Å². The van der Waals surface area contributed by atoms with Crippen molar-refractivity contribution in [2.75, 3.05) is 0 Å². The number of hydrogen-bond acceptors (Lipinski definition) is 2. The van der Waals surface area contributed by atoms with E-state index < -0.39 is 0 Å². The minimum absolute atomic E-state index is 0.109. The van der Waals surface area contributed by atoms with E-state index in [9.17, 15) is 0 Å². The molecule has 2 aromatic carbocycles. The number of rotatable bonds is 5. The molecule has 0 aromatic heterocycles. The summed E-state index contributed by atoms with van der Waals surface area (Å²) in [6.45, 7) is 6.46. The number of nitrogens with two attached hydrogens (primary N) is 1. The van der Waals surface area contributed by atoms with E-state index in [-0.39, 0.29) is 6.04 Å². The van der Waals surface area contributed by atoms with Gasteiger partial charge >= 0.3 is 0 Å². The second-order valence-corrected chi connectivity index (χ2v) is 6.59. The fraction of sp³-hybridized carbons (Fsp3) is 0.333. The Morgan fingerprint density at radius 1 is 0.850 bits per heavy atom. The van der Waals surface area contributed by atoms with Gasteiger partial charge in [-0.3, -0.25) is 0 Å². The molecule has 0 aliphatic rings. The number of benzene rings is 2. The van der Waals surface area contributed by atoms with Crippen molar-refractivity contribution < 1.29 is 0 Å². The van der Waals surface area contributed by atoms with Gasteiger partial charge in [0.05, 0.1) is 0 Å². The summed E-state index contributed by atoms with van der Waals surface area (Å²) in [5, 5.41) is 0. The molecule has 1 atom stereocenters. The first-order valence-electron chi connectivity index (χ1n) is 7.13. The molecule has 0 aliphatic heterocycles. The zero-order valence-electron chi connectivity index (χ0n) is 12.5. The zero-order valence-corrected chi connectivity index (χ0v) is 13.3. The van der Waals surface area contributed by atoms with E-state index in [4.69, 9.17) is 5.73 Å². The van der Waals surface area contributed by atoms with Gasteiger partial charge in [0.15, 0.2) is 0 Å². The molecule has 0 bridgehead atoms. The minimum Gasteiger partial charge on any atom is -0.324 e. The van der Waals surface area contributed by atoms with Crippen molar-refractivity contribution in [2.24, 2.45) is 5.73 Å². The van der Waals surface area contributed by atoms with Gasteiger partial charge in [0.25, 0.3) is 0 Å². The molecule has 0 radical (unpaired) electrons. The van der Waals surface area contributed by atoms with Gasteiger partial charge in [-0.1, -0.05) is 50.2 Å². The van der Waals surface area contributed by atoms with Crippen LogP contribution in [0.2, 0.25) is 0 Å². The van der Waals surface area contributed by atoms with E-state index in [0.717, 1.165) is 5.75 Å². The van der Waals surface area contributed by atoms with Gasteiger partial charge in [-0.15, -0.1) is 11.8 Å². The van der Waals surface area contributed by atoms with Crippen molar-refractivity contribution in [3.05, 3.63) is 65.2 Å². The second kappa shape index (κ2) is 6.96. The molecule has 0 saturated carbocycles. The first-order valence-corrected chi connectivity index (χ1v) is 8.12. The maximum absolute atomic E-state index is 5.86. The molecule has 20 heavy (non-hydrogen) atoms. The smallest absolute Gasteiger partial charge is 0.0266 e. The number of thioether (sulfide) groups is 1. The lowest BCUT2D eigenvalue weighted by Crippen LogP contribution is -2.04. The fourth-order valence-electron chi connectivity index (χ4n) is 2.03. The molecular formula is C18H23NS. The van der Waals surface area contributed by atoms with Crippen LogP contribution in [0.1, 0.15) is 49.4 Å². The Morgan fingerprint density at radius 2 is 1.40 bits per heavy atom. The van der Waals surface area contributed by atoms with Crippen molar-refractivity contribution in [1.29, 1.82) is 0 Å². The van der Waals surface area contributed by atoms with Gasteiger partial charge in [-0.25, -0.2) is 0 Å². The summed E-state index contributed by atoms with van der Waals surface area (Å²) in [6.07, 6.45) is 0. The molecule has 0 amide bonds. The monoisotopic (exact) mass is 285 g/mol. The number of hydrogen-bond donors (Lipinski definition) is 1. The summed E-state index contributed by atoms with van der Waals surface area (Å²) in [4.78, 5) is 1.29. The highest BCUT2D eigenvalue weighted by molar-refractivity contribution is 7.98. The van der Waals surface area contributed by atoms with Crippen LogP contribution >= 0.6 is 11.8 Å². The predicted molar refractivity (Wildman–Crippen MR) is 89.1 cm³/mol. The Kier molecular flexibility index (Phi) is 5.27. The highest BCUT2D eigenvalue weighted by Crippen LogP contribution is 2.25. The van der Waals surface area contributed by atoms with Gasteiger partial charge in [-0.05, 0) is 41.7 Å². The molecule has 106 valence electrons. The zero-order chi connectivity index (χ0) is 14.5. The third kappa shape index (κ3) is 4.12. The Morgan fingerprint density at radius 3 is 1.90 bits per heavy atom. The van der Waals surface area contributed by atoms with Crippen LogP contribution in [0.25, 0.3) is 0 Å². The van der Waals surface area contributed by atoms with Gasteiger partial charge in [0, 0.05) is 16.7 Å². The molecule has 0 aliphatic carbocycles. The van der Waals surface area contributed by atoms with E-state index in [2.05, 4.69) is 62.4 Å². The molecule has 1 unspecified atom stereocenters. The third-order valence-corrected chi connectivity index (χ3v) is 4.54. The lowest BCUT2D eigenvalue weighted by atomic mass is 10.0. The van der Waals surface area contributed by atoms with E-state index in [1.807, 2.05) is 18.7 Å². The molecule has 0 heterocycles. The maximum Gasteiger partial charge on any atom is 0.0266 e. The van der Waals surface area contributed by atoms with Crippen LogP contribution in [0, 0.1) is 0 Å². The first-order chi connectivity index (χ1) is 9.56. The van der Waals surface area contributed by atoms with Crippen LogP contribution in [0.3, 0.4) is 0 Å². The van der Waals surface area contributed by atoms with E-state index in [1.165, 1.54) is 21.6 Å². The Bertz CT molecular complexity index is 475. The standard InChI is InChI=1S/C18H23NS/c1-13(2)16-6-4-15(5-7-16)12-20-18-10-8-17(9-11-18)14(3)19/h4-11,13-14H,12,19H2,1-3H3. The van der Waals surface area contributed by atoms with Crippen molar-refractivity contribution in [3.63, 3.8) is 0 Å². The summed E-state index contributed by atoms with van der Waals surface area (Å²) in [5.41, 5.74) is 9.82. The molecule has 0 spiro atoms. The van der Waals surface area contributed by atoms with Crippen molar-refractivity contribution >= 4 is 11.8 Å². The first kappa shape index (κ1) is 15.1. The molecule has 0 fully saturated rings. The van der Waals surface area contributed by atoms with Gasteiger partial charge in [0.2, 0.25) is 0 Å². The van der Waals surface area contributed by atoms with Crippen molar-refractivity contribution in [2.45, 2.75) is 43.4 Å². The Labute approximate surface area is 126 Å². The fourth-order valence-corrected chi connectivity index (χ4v) is 2.89. The average Bonchev–Trinajstić information content (AvgIpc) is 2.46. The second-order valence-electron chi connectivity index (χ2n) is 5.54. The van der Waals surface area contributed by atoms with Crippen LogP contribution in [-0.2, 0) is 5.75 Å². The third-order valence-electron chi connectivity index (χ3n) is 3.46. The Hall–Kier alpha value is -1.25. The minimum atomic E-state index is 0.109. The summed E-state index contributed by atoms with van der Waals surface area (Å²) >= 11 is 1.87.